The second kappa shape index (κ2) is 13.2. The van der Waals surface area contributed by atoms with E-state index in [4.69, 9.17) is 32.7 Å². The molecular weight excluding hydrogens is 611 g/mol. The zero-order valence-corrected chi connectivity index (χ0v) is 26.2. The van der Waals surface area contributed by atoms with Gasteiger partial charge in [0, 0.05) is 37.9 Å². The number of nitrogens with zero attached hydrogens (tertiary/aromatic N) is 4. The number of ether oxygens (including phenoxy) is 2. The van der Waals surface area contributed by atoms with Crippen LogP contribution in [0.4, 0.5) is 23.0 Å². The summed E-state index contributed by atoms with van der Waals surface area (Å²) in [7, 11) is 2.89. The van der Waals surface area contributed by atoms with Crippen LogP contribution in [0.15, 0.2) is 49.2 Å². The van der Waals surface area contributed by atoms with Gasteiger partial charge in [0.1, 0.15) is 11.5 Å². The number of carbonyl (C=O) groups is 2. The molecule has 1 aliphatic rings. The zero-order valence-electron chi connectivity index (χ0n) is 23.9. The number of aromatic nitrogens is 2. The Labute approximate surface area is 263 Å². The van der Waals surface area contributed by atoms with Gasteiger partial charge < -0.3 is 29.9 Å². The molecule has 2 aromatic carbocycles. The van der Waals surface area contributed by atoms with E-state index in [1.165, 1.54) is 37.7 Å². The lowest BCUT2D eigenvalue weighted by Gasteiger charge is -2.35. The summed E-state index contributed by atoms with van der Waals surface area (Å²) in [5, 5.41) is 6.27. The van der Waals surface area contributed by atoms with Crippen molar-refractivity contribution in [1.82, 2.24) is 14.9 Å². The van der Waals surface area contributed by atoms with Crippen molar-refractivity contribution < 1.29 is 19.1 Å². The quantitative estimate of drug-likeness (QED) is 0.153. The Morgan fingerprint density at radius 1 is 1.05 bits per heavy atom. The van der Waals surface area contributed by atoms with Gasteiger partial charge in [0.2, 0.25) is 17.6 Å². The molecule has 13 heteroatoms. The van der Waals surface area contributed by atoms with Crippen LogP contribution < -0.4 is 25.0 Å². The third-order valence-corrected chi connectivity index (χ3v) is 8.98. The van der Waals surface area contributed by atoms with Gasteiger partial charge in [-0.25, -0.2) is 9.97 Å². The van der Waals surface area contributed by atoms with E-state index in [9.17, 15) is 9.59 Å². The molecule has 0 saturated carbocycles. The first kappa shape index (κ1) is 30.6. The van der Waals surface area contributed by atoms with E-state index in [2.05, 4.69) is 43.9 Å². The molecule has 2 N–H and O–H groups in total. The van der Waals surface area contributed by atoms with E-state index in [0.29, 0.717) is 32.4 Å². The van der Waals surface area contributed by atoms with Crippen LogP contribution in [0.2, 0.25) is 10.0 Å². The van der Waals surface area contributed by atoms with Crippen LogP contribution in [-0.4, -0.2) is 73.5 Å². The van der Waals surface area contributed by atoms with Crippen molar-refractivity contribution in [2.75, 3.05) is 62.5 Å². The monoisotopic (exact) mass is 640 g/mol. The lowest BCUT2D eigenvalue weighted by Crippen LogP contribution is -2.46. The van der Waals surface area contributed by atoms with Crippen LogP contribution in [-0.2, 0) is 4.79 Å². The van der Waals surface area contributed by atoms with Crippen LogP contribution in [0.5, 0.6) is 11.5 Å². The number of nitrogens with one attached hydrogen (secondary N) is 2. The highest BCUT2D eigenvalue weighted by atomic mass is 35.5. The summed E-state index contributed by atoms with van der Waals surface area (Å²) in [5.41, 5.74) is 2.82. The molecule has 0 unspecified atom stereocenters. The Morgan fingerprint density at radius 2 is 1.74 bits per heavy atom. The summed E-state index contributed by atoms with van der Waals surface area (Å²) < 4.78 is 11.3. The van der Waals surface area contributed by atoms with Crippen LogP contribution in [0.1, 0.15) is 22.2 Å². The Morgan fingerprint density at radius 3 is 2.37 bits per heavy atom. The zero-order chi connectivity index (χ0) is 30.7. The summed E-state index contributed by atoms with van der Waals surface area (Å²) in [5.74, 6) is 0.107. The Bertz CT molecular complexity index is 1680. The van der Waals surface area contributed by atoms with Crippen molar-refractivity contribution in [2.45, 2.75) is 6.92 Å². The molecule has 4 aromatic rings. The standard InChI is InChI=1S/C30H30Cl2N6O4S/c1-5-25(39)34-19-13-17(38-11-9-37(6-2)10-12-38)7-8-18(19)35-30-33-16-24-20(36-30)14-23(43-24)29(40)26-27(31)21(41-3)15-22(42-4)28(26)32/h5,7-8,13-16H,1,6,9-12H2,2-4H3,(H,34,39)(H,33,35,36). The van der Waals surface area contributed by atoms with Crippen LogP contribution >= 0.6 is 34.5 Å². The molecule has 2 aromatic heterocycles. The molecular formula is C30H30Cl2N6O4S. The molecule has 224 valence electrons. The number of rotatable bonds is 10. The number of anilines is 4. The minimum atomic E-state index is -0.394. The molecule has 10 nitrogen and oxygen atoms in total. The van der Waals surface area contributed by atoms with Crippen LogP contribution in [0.3, 0.4) is 0 Å². The number of fused-ring (bicyclic) bond motifs is 1. The molecule has 0 atom stereocenters. The molecule has 0 bridgehead atoms. The fourth-order valence-corrected chi connectivity index (χ4v) is 6.38. The Balaban J connectivity index is 1.43. The van der Waals surface area contributed by atoms with Gasteiger partial charge in [-0.3, -0.25) is 9.59 Å². The van der Waals surface area contributed by atoms with E-state index >= 15 is 0 Å². The second-order valence-corrected chi connectivity index (χ2v) is 11.5. The number of benzene rings is 2. The van der Waals surface area contributed by atoms with Gasteiger partial charge in [-0.1, -0.05) is 36.7 Å². The van der Waals surface area contributed by atoms with Gasteiger partial charge in [0.15, 0.2) is 0 Å². The largest absolute Gasteiger partial charge is 0.495 e. The smallest absolute Gasteiger partial charge is 0.247 e. The van der Waals surface area contributed by atoms with E-state index in [0.717, 1.165) is 38.4 Å². The SMILES string of the molecule is C=CC(=O)Nc1cc(N2CCN(CC)CC2)ccc1Nc1ncc2sc(C(=O)c3c(Cl)c(OC)cc(OC)c3Cl)cc2n1. The second-order valence-electron chi connectivity index (χ2n) is 9.64. The number of hydrogen-bond donors (Lipinski definition) is 2. The highest BCUT2D eigenvalue weighted by Gasteiger charge is 2.25. The molecule has 1 saturated heterocycles. The van der Waals surface area contributed by atoms with E-state index in [-0.39, 0.29) is 33.0 Å². The fraction of sp³-hybridized carbons (Fsp3) is 0.267. The number of halogens is 2. The molecule has 0 aliphatic carbocycles. The number of carbonyl (C=O) groups excluding carboxylic acids is 2. The van der Waals surface area contributed by atoms with Gasteiger partial charge in [-0.2, -0.15) is 0 Å². The number of thiophene rings is 1. The van der Waals surface area contributed by atoms with Crippen LogP contribution in [0.25, 0.3) is 10.2 Å². The predicted molar refractivity (Wildman–Crippen MR) is 173 cm³/mol. The fourth-order valence-electron chi connectivity index (χ4n) is 4.79. The number of piperazine rings is 1. The topological polar surface area (TPSA) is 109 Å². The minimum absolute atomic E-state index is 0.0798. The molecule has 1 fully saturated rings. The summed E-state index contributed by atoms with van der Waals surface area (Å²) in [4.78, 5) is 40.0. The van der Waals surface area contributed by atoms with Gasteiger partial charge in [-0.05, 0) is 36.9 Å². The average molecular weight is 642 g/mol. The molecule has 5 rings (SSSR count). The van der Waals surface area contributed by atoms with E-state index in [1.54, 1.807) is 12.3 Å². The van der Waals surface area contributed by atoms with Crippen molar-refractivity contribution in [3.8, 4) is 11.5 Å². The number of likely N-dealkylation sites (N-methyl/N-ethyl adjacent to an activating group) is 1. The maximum absolute atomic E-state index is 13.6. The van der Waals surface area contributed by atoms with Gasteiger partial charge in [-0.15, -0.1) is 11.3 Å². The third kappa shape index (κ3) is 6.40. The summed E-state index contributed by atoms with van der Waals surface area (Å²) in [6.45, 7) is 10.5. The van der Waals surface area contributed by atoms with Crippen molar-refractivity contribution in [1.29, 1.82) is 0 Å². The number of ketones is 1. The number of methoxy groups -OCH3 is 2. The normalized spacial score (nSPS) is 13.6. The molecule has 0 radical (unpaired) electrons. The van der Waals surface area contributed by atoms with Crippen molar-refractivity contribution in [3.05, 3.63) is 69.7 Å². The summed E-state index contributed by atoms with van der Waals surface area (Å²) >= 11 is 14.2. The Hall–Kier alpha value is -3.90. The first-order valence-electron chi connectivity index (χ1n) is 13.5. The highest BCUT2D eigenvalue weighted by Crippen LogP contribution is 2.42. The van der Waals surface area contributed by atoms with Crippen LogP contribution in [0, 0.1) is 0 Å². The summed E-state index contributed by atoms with van der Waals surface area (Å²) in [6, 6.07) is 9.01. The predicted octanol–water partition coefficient (Wildman–Crippen LogP) is 6.26. The first-order valence-corrected chi connectivity index (χ1v) is 15.1. The minimum Gasteiger partial charge on any atom is -0.495 e. The average Bonchev–Trinajstić information content (AvgIpc) is 3.45. The third-order valence-electron chi connectivity index (χ3n) is 7.17. The van der Waals surface area contributed by atoms with E-state index < -0.39 is 5.78 Å². The lowest BCUT2D eigenvalue weighted by molar-refractivity contribution is -0.111. The highest BCUT2D eigenvalue weighted by molar-refractivity contribution is 7.21. The molecule has 1 aliphatic heterocycles. The van der Waals surface area contributed by atoms with E-state index in [1.807, 2.05) is 18.2 Å². The van der Waals surface area contributed by atoms with Gasteiger partial charge >= 0.3 is 0 Å². The van der Waals surface area contributed by atoms with Crippen molar-refractivity contribution >= 4 is 79.5 Å². The van der Waals surface area contributed by atoms with Crippen molar-refractivity contribution in [3.63, 3.8) is 0 Å². The van der Waals surface area contributed by atoms with Gasteiger partial charge in [0.05, 0.1) is 62.5 Å². The number of amides is 1. The molecule has 1 amide bonds. The lowest BCUT2D eigenvalue weighted by atomic mass is 10.1. The molecule has 0 spiro atoms. The van der Waals surface area contributed by atoms with Gasteiger partial charge in [0.25, 0.3) is 0 Å². The summed E-state index contributed by atoms with van der Waals surface area (Å²) in [6.07, 6.45) is 2.85. The molecule has 43 heavy (non-hydrogen) atoms. The maximum Gasteiger partial charge on any atom is 0.247 e. The van der Waals surface area contributed by atoms with Crippen molar-refractivity contribution in [2.24, 2.45) is 0 Å². The first-order chi connectivity index (χ1) is 20.8. The maximum atomic E-state index is 13.6. The number of hydrogen-bond acceptors (Lipinski definition) is 10. The Kier molecular flexibility index (Phi) is 9.36. The molecule has 3 heterocycles.